The first-order valence-electron chi connectivity index (χ1n) is 11.7. The van der Waals surface area contributed by atoms with E-state index in [0.717, 1.165) is 30.2 Å². The maximum Gasteiger partial charge on any atom is 0.228 e. The molecule has 1 aromatic carbocycles. The van der Waals surface area contributed by atoms with Gasteiger partial charge in [0.2, 0.25) is 5.95 Å². The summed E-state index contributed by atoms with van der Waals surface area (Å²) < 4.78 is 49.5. The first-order valence-corrected chi connectivity index (χ1v) is 12.5. The number of fused-ring (bicyclic) bond motifs is 1. The van der Waals surface area contributed by atoms with Crippen molar-refractivity contribution >= 4 is 32.8 Å². The van der Waals surface area contributed by atoms with E-state index in [0.29, 0.717) is 46.5 Å². The van der Waals surface area contributed by atoms with Crippen LogP contribution >= 0.6 is 11.3 Å². The molecule has 6 rings (SSSR count). The van der Waals surface area contributed by atoms with Crippen LogP contribution in [0.4, 0.5) is 24.3 Å². The standard InChI is InChI=1S/C24H24F3N7OS/c1-11-9-34(10-18(35-11)14-8-28-32-19(14)12-4-5-12)23-29-20(13-6-16(26)17(27)7-15(13)25)21-22(30-23)31-24(36-21)33(2)3/h6-8,11-12,18H,4-5,9-10H2,1-3H3,(H,28,32)/t11-,18-/m1/s1. The summed E-state index contributed by atoms with van der Waals surface area (Å²) in [4.78, 5) is 17.7. The Kier molecular flexibility index (Phi) is 5.60. The first kappa shape index (κ1) is 23.2. The number of benzene rings is 1. The fourth-order valence-electron chi connectivity index (χ4n) is 4.56. The van der Waals surface area contributed by atoms with Gasteiger partial charge < -0.3 is 14.5 Å². The van der Waals surface area contributed by atoms with Gasteiger partial charge in [0.1, 0.15) is 16.6 Å². The minimum Gasteiger partial charge on any atom is -0.367 e. The highest BCUT2D eigenvalue weighted by Crippen LogP contribution is 2.43. The molecule has 1 saturated heterocycles. The highest BCUT2D eigenvalue weighted by molar-refractivity contribution is 7.22. The molecular formula is C24H24F3N7OS. The van der Waals surface area contributed by atoms with Crippen LogP contribution in [0.5, 0.6) is 0 Å². The summed E-state index contributed by atoms with van der Waals surface area (Å²) in [5, 5.41) is 8.05. The molecule has 3 aromatic heterocycles. The number of aromatic nitrogens is 5. The van der Waals surface area contributed by atoms with E-state index in [2.05, 4.69) is 20.2 Å². The van der Waals surface area contributed by atoms with Crippen molar-refractivity contribution in [1.29, 1.82) is 0 Å². The Morgan fingerprint density at radius 3 is 2.58 bits per heavy atom. The molecule has 1 aliphatic carbocycles. The predicted octanol–water partition coefficient (Wildman–Crippen LogP) is 4.80. The second-order valence-corrected chi connectivity index (χ2v) is 10.5. The monoisotopic (exact) mass is 515 g/mol. The Hall–Kier alpha value is -3.25. The van der Waals surface area contributed by atoms with Gasteiger partial charge in [0, 0.05) is 49.9 Å². The number of morpholine rings is 1. The third-order valence-corrected chi connectivity index (χ3v) is 7.65. The second kappa shape index (κ2) is 8.70. The van der Waals surface area contributed by atoms with Gasteiger partial charge in [-0.3, -0.25) is 5.10 Å². The van der Waals surface area contributed by atoms with E-state index < -0.39 is 17.5 Å². The zero-order chi connectivity index (χ0) is 25.1. The molecule has 188 valence electrons. The van der Waals surface area contributed by atoms with Crippen molar-refractivity contribution in [3.8, 4) is 11.3 Å². The molecule has 12 heteroatoms. The van der Waals surface area contributed by atoms with Gasteiger partial charge >= 0.3 is 0 Å². The number of hydrogen-bond donors (Lipinski definition) is 1. The minimum absolute atomic E-state index is 0.138. The molecular weight excluding hydrogens is 491 g/mol. The topological polar surface area (TPSA) is 83.1 Å². The molecule has 36 heavy (non-hydrogen) atoms. The van der Waals surface area contributed by atoms with Crippen molar-refractivity contribution in [2.45, 2.75) is 37.9 Å². The van der Waals surface area contributed by atoms with Gasteiger partial charge in [0.15, 0.2) is 22.4 Å². The molecule has 1 saturated carbocycles. The lowest BCUT2D eigenvalue weighted by Gasteiger charge is -2.37. The van der Waals surface area contributed by atoms with Gasteiger partial charge in [-0.25, -0.2) is 18.2 Å². The fourth-order valence-corrected chi connectivity index (χ4v) is 5.49. The average Bonchev–Trinajstić information content (AvgIpc) is 3.39. The molecule has 2 aliphatic rings. The zero-order valence-electron chi connectivity index (χ0n) is 19.9. The Labute approximate surface area is 209 Å². The number of rotatable bonds is 5. The molecule has 0 bridgehead atoms. The van der Waals surface area contributed by atoms with E-state index in [-0.39, 0.29) is 23.5 Å². The van der Waals surface area contributed by atoms with Gasteiger partial charge in [-0.05, 0) is 25.8 Å². The molecule has 0 spiro atoms. The van der Waals surface area contributed by atoms with E-state index in [4.69, 9.17) is 9.72 Å². The maximum atomic E-state index is 14.9. The molecule has 2 fully saturated rings. The van der Waals surface area contributed by atoms with Crippen LogP contribution in [0.3, 0.4) is 0 Å². The summed E-state index contributed by atoms with van der Waals surface area (Å²) in [5.74, 6) is -2.52. The van der Waals surface area contributed by atoms with E-state index >= 15 is 0 Å². The molecule has 0 unspecified atom stereocenters. The van der Waals surface area contributed by atoms with Crippen LogP contribution < -0.4 is 9.80 Å². The molecule has 4 aromatic rings. The Bertz CT molecular complexity index is 1450. The summed E-state index contributed by atoms with van der Waals surface area (Å²) in [7, 11) is 3.67. The molecule has 0 amide bonds. The van der Waals surface area contributed by atoms with Crippen molar-refractivity contribution in [3.05, 3.63) is 47.0 Å². The van der Waals surface area contributed by atoms with Crippen molar-refractivity contribution in [3.63, 3.8) is 0 Å². The highest BCUT2D eigenvalue weighted by atomic mass is 32.1. The molecule has 4 heterocycles. The normalized spacial score (nSPS) is 20.3. The third-order valence-electron chi connectivity index (χ3n) is 6.43. The lowest BCUT2D eigenvalue weighted by molar-refractivity contribution is -0.0182. The lowest BCUT2D eigenvalue weighted by atomic mass is 10.1. The van der Waals surface area contributed by atoms with Crippen molar-refractivity contribution in [2.75, 3.05) is 37.0 Å². The smallest absolute Gasteiger partial charge is 0.228 e. The SMILES string of the molecule is C[C@@H]1CN(c2nc(-c3cc(F)c(F)cc3F)c3sc(N(C)C)nc3n2)C[C@H](c2c[nH]nc2C2CC2)O1. The number of anilines is 2. The van der Waals surface area contributed by atoms with Gasteiger partial charge in [0.05, 0.1) is 24.0 Å². The Morgan fingerprint density at radius 1 is 1.06 bits per heavy atom. The number of nitrogens with zero attached hydrogens (tertiary/aromatic N) is 6. The van der Waals surface area contributed by atoms with E-state index in [1.807, 2.05) is 37.0 Å². The third kappa shape index (κ3) is 4.07. The van der Waals surface area contributed by atoms with Crippen molar-refractivity contribution in [2.24, 2.45) is 0 Å². The van der Waals surface area contributed by atoms with Gasteiger partial charge in [-0.15, -0.1) is 0 Å². The Balaban J connectivity index is 1.45. The quantitative estimate of drug-likeness (QED) is 0.382. The predicted molar refractivity (Wildman–Crippen MR) is 131 cm³/mol. The van der Waals surface area contributed by atoms with Gasteiger partial charge in [0.25, 0.3) is 0 Å². The number of aromatic amines is 1. The number of halogens is 3. The summed E-state index contributed by atoms with van der Waals surface area (Å²) in [6, 6.07) is 1.38. The summed E-state index contributed by atoms with van der Waals surface area (Å²) in [5.41, 5.74) is 2.45. The number of thiazole rings is 1. The van der Waals surface area contributed by atoms with Crippen LogP contribution in [-0.2, 0) is 4.74 Å². The van der Waals surface area contributed by atoms with Crippen LogP contribution in [0.15, 0.2) is 18.3 Å². The molecule has 8 nitrogen and oxygen atoms in total. The lowest BCUT2D eigenvalue weighted by Crippen LogP contribution is -2.43. The van der Waals surface area contributed by atoms with Gasteiger partial charge in [-0.2, -0.15) is 15.1 Å². The fraction of sp³-hybridized carbons (Fsp3) is 0.417. The van der Waals surface area contributed by atoms with E-state index in [1.54, 1.807) is 0 Å². The van der Waals surface area contributed by atoms with Crippen LogP contribution in [0, 0.1) is 17.5 Å². The van der Waals surface area contributed by atoms with Gasteiger partial charge in [-0.1, -0.05) is 11.3 Å². The largest absolute Gasteiger partial charge is 0.367 e. The highest BCUT2D eigenvalue weighted by Gasteiger charge is 2.35. The second-order valence-electron chi connectivity index (χ2n) is 9.50. The molecule has 1 aliphatic heterocycles. The number of hydrogen-bond acceptors (Lipinski definition) is 8. The summed E-state index contributed by atoms with van der Waals surface area (Å²) >= 11 is 1.26. The van der Waals surface area contributed by atoms with Crippen LogP contribution in [0.1, 0.15) is 43.0 Å². The molecule has 2 atom stereocenters. The van der Waals surface area contributed by atoms with E-state index in [9.17, 15) is 13.2 Å². The molecule has 1 N–H and O–H groups in total. The first-order chi connectivity index (χ1) is 17.3. The van der Waals surface area contributed by atoms with Crippen molar-refractivity contribution < 1.29 is 17.9 Å². The maximum absolute atomic E-state index is 14.9. The van der Waals surface area contributed by atoms with Crippen LogP contribution in [0.25, 0.3) is 21.6 Å². The molecule has 0 radical (unpaired) electrons. The van der Waals surface area contributed by atoms with Crippen LogP contribution in [0.2, 0.25) is 0 Å². The number of ether oxygens (including phenoxy) is 1. The van der Waals surface area contributed by atoms with Crippen LogP contribution in [-0.4, -0.2) is 58.4 Å². The van der Waals surface area contributed by atoms with E-state index in [1.165, 1.54) is 11.3 Å². The number of H-pyrrole nitrogens is 1. The van der Waals surface area contributed by atoms with Crippen molar-refractivity contribution in [1.82, 2.24) is 25.1 Å². The zero-order valence-corrected chi connectivity index (χ0v) is 20.7. The summed E-state index contributed by atoms with van der Waals surface area (Å²) in [6.45, 7) is 2.93. The Morgan fingerprint density at radius 2 is 1.83 bits per heavy atom. The average molecular weight is 516 g/mol. The minimum atomic E-state index is -1.25. The summed E-state index contributed by atoms with van der Waals surface area (Å²) in [6.07, 6.45) is 3.72. The number of nitrogens with one attached hydrogen (secondary N) is 1.